The highest BCUT2D eigenvalue weighted by Gasteiger charge is 2.22. The molecular formula is C26H26N4O5. The number of benzene rings is 3. The second kappa shape index (κ2) is 10.2. The van der Waals surface area contributed by atoms with Crippen molar-refractivity contribution in [1.29, 1.82) is 0 Å². The van der Waals surface area contributed by atoms with Gasteiger partial charge < -0.3 is 24.3 Å². The fourth-order valence-corrected chi connectivity index (χ4v) is 3.60. The molecule has 9 nitrogen and oxygen atoms in total. The Morgan fingerprint density at radius 3 is 2.09 bits per heavy atom. The minimum Gasteiger partial charge on any atom is -0.497 e. The summed E-state index contributed by atoms with van der Waals surface area (Å²) in [7, 11) is 6.21. The van der Waals surface area contributed by atoms with Crippen LogP contribution in [0.3, 0.4) is 0 Å². The number of methoxy groups -OCH3 is 4. The van der Waals surface area contributed by atoms with Crippen LogP contribution in [-0.2, 0) is 0 Å². The average Bonchev–Trinajstić information content (AvgIpc) is 3.35. The Balaban J connectivity index is 1.84. The summed E-state index contributed by atoms with van der Waals surface area (Å²) >= 11 is 0. The maximum Gasteiger partial charge on any atom is 0.295 e. The van der Waals surface area contributed by atoms with E-state index in [0.717, 1.165) is 5.56 Å². The van der Waals surface area contributed by atoms with Gasteiger partial charge in [-0.1, -0.05) is 18.2 Å². The third-order valence-electron chi connectivity index (χ3n) is 5.44. The number of nitrogens with one attached hydrogen (secondary N) is 1. The van der Waals surface area contributed by atoms with Crippen molar-refractivity contribution in [2.75, 3.05) is 33.8 Å². The number of rotatable bonds is 8. The molecule has 0 aliphatic heterocycles. The molecule has 3 aromatic carbocycles. The second-order valence-electron chi connectivity index (χ2n) is 7.55. The molecule has 4 aromatic rings. The molecule has 1 N–H and O–H groups in total. The van der Waals surface area contributed by atoms with Crippen LogP contribution < -0.4 is 24.3 Å². The van der Waals surface area contributed by atoms with Crippen molar-refractivity contribution in [3.8, 4) is 40.1 Å². The van der Waals surface area contributed by atoms with E-state index in [2.05, 4.69) is 15.4 Å². The van der Waals surface area contributed by atoms with Crippen LogP contribution in [0.5, 0.6) is 23.0 Å². The molecule has 0 saturated carbocycles. The largest absolute Gasteiger partial charge is 0.497 e. The van der Waals surface area contributed by atoms with Gasteiger partial charge in [0, 0.05) is 11.3 Å². The normalized spacial score (nSPS) is 10.5. The lowest BCUT2D eigenvalue weighted by atomic mass is 10.1. The van der Waals surface area contributed by atoms with Crippen LogP contribution in [0.4, 0.5) is 5.69 Å². The molecule has 0 spiro atoms. The standard InChI is InChI=1S/C26H26N4O5/c1-16-8-6-7-9-20(16)27-26(31)24-28-25(30(29-24)18-10-12-19(32-2)13-11-18)17-14-21(33-3)23(35-5)22(15-17)34-4/h6-15H,1-5H3,(H,27,31). The lowest BCUT2D eigenvalue weighted by Crippen LogP contribution is -2.15. The van der Waals surface area contributed by atoms with Crippen LogP contribution in [0, 0.1) is 6.92 Å². The van der Waals surface area contributed by atoms with Crippen molar-refractivity contribution in [2.45, 2.75) is 6.92 Å². The van der Waals surface area contributed by atoms with Gasteiger partial charge in [-0.2, -0.15) is 0 Å². The Kier molecular flexibility index (Phi) is 6.86. The highest BCUT2D eigenvalue weighted by Crippen LogP contribution is 2.41. The second-order valence-corrected chi connectivity index (χ2v) is 7.55. The maximum absolute atomic E-state index is 13.1. The Bertz CT molecular complexity index is 1320. The van der Waals surface area contributed by atoms with Crippen molar-refractivity contribution in [3.63, 3.8) is 0 Å². The topological polar surface area (TPSA) is 96.7 Å². The van der Waals surface area contributed by atoms with Crippen molar-refractivity contribution in [3.05, 3.63) is 72.1 Å². The fourth-order valence-electron chi connectivity index (χ4n) is 3.60. The minimum absolute atomic E-state index is 0.00724. The van der Waals surface area contributed by atoms with Gasteiger partial charge in [0.15, 0.2) is 17.3 Å². The lowest BCUT2D eigenvalue weighted by molar-refractivity contribution is 0.101. The first-order chi connectivity index (χ1) is 17.0. The summed E-state index contributed by atoms with van der Waals surface area (Å²) in [5.74, 6) is 2.05. The summed E-state index contributed by atoms with van der Waals surface area (Å²) in [6.07, 6.45) is 0. The van der Waals surface area contributed by atoms with Gasteiger partial charge in [0.25, 0.3) is 5.91 Å². The molecule has 9 heteroatoms. The molecule has 0 radical (unpaired) electrons. The molecule has 0 aliphatic carbocycles. The van der Waals surface area contributed by atoms with Gasteiger partial charge in [-0.15, -0.1) is 5.10 Å². The molecule has 1 aromatic heterocycles. The molecule has 0 unspecified atom stereocenters. The van der Waals surface area contributed by atoms with Crippen molar-refractivity contribution < 1.29 is 23.7 Å². The number of ether oxygens (including phenoxy) is 4. The van der Waals surface area contributed by atoms with Gasteiger partial charge in [0.1, 0.15) is 5.75 Å². The number of carbonyl (C=O) groups is 1. The third kappa shape index (κ3) is 4.74. The Morgan fingerprint density at radius 2 is 1.51 bits per heavy atom. The highest BCUT2D eigenvalue weighted by atomic mass is 16.5. The van der Waals surface area contributed by atoms with Crippen molar-refractivity contribution in [1.82, 2.24) is 14.8 Å². The summed E-state index contributed by atoms with van der Waals surface area (Å²) in [6, 6.07) is 18.3. The molecule has 0 bridgehead atoms. The summed E-state index contributed by atoms with van der Waals surface area (Å²) in [5, 5.41) is 7.42. The Hall–Kier alpha value is -4.53. The van der Waals surface area contributed by atoms with E-state index < -0.39 is 5.91 Å². The summed E-state index contributed by atoms with van der Waals surface area (Å²) < 4.78 is 23.3. The van der Waals surface area contributed by atoms with E-state index in [9.17, 15) is 4.79 Å². The maximum atomic E-state index is 13.1. The van der Waals surface area contributed by atoms with Crippen molar-refractivity contribution >= 4 is 11.6 Å². The Labute approximate surface area is 203 Å². The van der Waals surface area contributed by atoms with Gasteiger partial charge >= 0.3 is 0 Å². The van der Waals surface area contributed by atoms with Crippen LogP contribution in [0.15, 0.2) is 60.7 Å². The average molecular weight is 475 g/mol. The van der Waals surface area contributed by atoms with E-state index in [1.54, 1.807) is 23.9 Å². The smallest absolute Gasteiger partial charge is 0.295 e. The fraction of sp³-hybridized carbons (Fsp3) is 0.192. The van der Waals surface area contributed by atoms with Gasteiger partial charge in [-0.05, 0) is 55.0 Å². The van der Waals surface area contributed by atoms with E-state index in [1.165, 1.54) is 21.3 Å². The Morgan fingerprint density at radius 1 is 0.857 bits per heavy atom. The zero-order valence-electron chi connectivity index (χ0n) is 20.2. The zero-order valence-corrected chi connectivity index (χ0v) is 20.2. The van der Waals surface area contributed by atoms with E-state index in [0.29, 0.717) is 45.8 Å². The minimum atomic E-state index is -0.430. The first-order valence-electron chi connectivity index (χ1n) is 10.8. The van der Waals surface area contributed by atoms with Crippen LogP contribution in [0.2, 0.25) is 0 Å². The zero-order chi connectivity index (χ0) is 24.9. The van der Waals surface area contributed by atoms with Crippen molar-refractivity contribution in [2.24, 2.45) is 0 Å². The number of hydrogen-bond acceptors (Lipinski definition) is 7. The van der Waals surface area contributed by atoms with Crippen LogP contribution in [0.25, 0.3) is 17.1 Å². The third-order valence-corrected chi connectivity index (χ3v) is 5.44. The van der Waals surface area contributed by atoms with E-state index >= 15 is 0 Å². The number of nitrogens with zero attached hydrogens (tertiary/aromatic N) is 3. The molecule has 0 atom stereocenters. The quantitative estimate of drug-likeness (QED) is 0.401. The predicted octanol–water partition coefficient (Wildman–Crippen LogP) is 4.53. The van der Waals surface area contributed by atoms with Crippen LogP contribution >= 0.6 is 0 Å². The predicted molar refractivity (Wildman–Crippen MR) is 132 cm³/mol. The SMILES string of the molecule is COc1ccc(-n2nc(C(=O)Nc3ccccc3C)nc2-c2cc(OC)c(OC)c(OC)c2)cc1. The van der Waals surface area contributed by atoms with Gasteiger partial charge in [-0.25, -0.2) is 9.67 Å². The number of aromatic nitrogens is 3. The van der Waals surface area contributed by atoms with E-state index in [-0.39, 0.29) is 5.82 Å². The number of carbonyl (C=O) groups excluding carboxylic acids is 1. The molecule has 0 saturated heterocycles. The van der Waals surface area contributed by atoms with Crippen LogP contribution in [-0.4, -0.2) is 49.1 Å². The molecule has 1 heterocycles. The number of para-hydroxylation sites is 1. The molecule has 180 valence electrons. The molecular weight excluding hydrogens is 448 g/mol. The van der Waals surface area contributed by atoms with Crippen LogP contribution in [0.1, 0.15) is 16.2 Å². The summed E-state index contributed by atoms with van der Waals surface area (Å²) in [6.45, 7) is 1.92. The number of aryl methyl sites for hydroxylation is 1. The molecule has 0 fully saturated rings. The molecule has 1 amide bonds. The molecule has 0 aliphatic rings. The van der Waals surface area contributed by atoms with E-state index in [1.807, 2.05) is 55.5 Å². The lowest BCUT2D eigenvalue weighted by Gasteiger charge is -2.14. The van der Waals surface area contributed by atoms with E-state index in [4.69, 9.17) is 18.9 Å². The monoisotopic (exact) mass is 474 g/mol. The molecule has 4 rings (SSSR count). The number of anilines is 1. The number of hydrogen-bond donors (Lipinski definition) is 1. The van der Waals surface area contributed by atoms with Gasteiger partial charge in [-0.3, -0.25) is 4.79 Å². The summed E-state index contributed by atoms with van der Waals surface area (Å²) in [4.78, 5) is 17.7. The first kappa shape index (κ1) is 23.6. The highest BCUT2D eigenvalue weighted by molar-refractivity contribution is 6.02. The van der Waals surface area contributed by atoms with Gasteiger partial charge in [0.2, 0.25) is 11.6 Å². The first-order valence-corrected chi connectivity index (χ1v) is 10.8. The van der Waals surface area contributed by atoms with Gasteiger partial charge in [0.05, 0.1) is 34.1 Å². The molecule has 35 heavy (non-hydrogen) atoms. The summed E-state index contributed by atoms with van der Waals surface area (Å²) in [5.41, 5.74) is 2.93. The number of amides is 1.